The number of guanidine groups is 1. The van der Waals surface area contributed by atoms with Crippen molar-refractivity contribution in [2.24, 2.45) is 4.99 Å². The summed E-state index contributed by atoms with van der Waals surface area (Å²) in [4.78, 5) is 4.24. The highest BCUT2D eigenvalue weighted by Gasteiger charge is 2.08. The Hall–Kier alpha value is -2.63. The van der Waals surface area contributed by atoms with Gasteiger partial charge in [-0.15, -0.1) is 0 Å². The minimum absolute atomic E-state index is 0.575. The molecule has 6 heteroatoms. The zero-order chi connectivity index (χ0) is 17.5. The van der Waals surface area contributed by atoms with Gasteiger partial charge in [-0.05, 0) is 39.0 Å². The Kier molecular flexibility index (Phi) is 6.12. The largest absolute Gasteiger partial charge is 0.493 e. The standard InChI is InChI=1S/C18H25N3O3/c1-6-23-17-10-15(7-8-16(17)22-5)21-18(19-4)20-11-14-9-12(2)24-13(14)3/h7-10H,6,11H2,1-5H3,(H2,19,20,21). The van der Waals surface area contributed by atoms with Gasteiger partial charge in [0.2, 0.25) is 0 Å². The Morgan fingerprint density at radius 1 is 1.21 bits per heavy atom. The number of methoxy groups -OCH3 is 1. The van der Waals surface area contributed by atoms with E-state index in [9.17, 15) is 0 Å². The molecule has 0 atom stereocenters. The third kappa shape index (κ3) is 4.44. The summed E-state index contributed by atoms with van der Waals surface area (Å²) in [5, 5.41) is 6.52. The van der Waals surface area contributed by atoms with Gasteiger partial charge in [-0.3, -0.25) is 4.99 Å². The van der Waals surface area contributed by atoms with Gasteiger partial charge < -0.3 is 24.5 Å². The zero-order valence-electron chi connectivity index (χ0n) is 14.9. The van der Waals surface area contributed by atoms with Crippen LogP contribution in [0, 0.1) is 13.8 Å². The molecule has 2 N–H and O–H groups in total. The lowest BCUT2D eigenvalue weighted by atomic mass is 10.2. The first-order valence-corrected chi connectivity index (χ1v) is 7.91. The maximum Gasteiger partial charge on any atom is 0.195 e. The van der Waals surface area contributed by atoms with E-state index in [4.69, 9.17) is 13.9 Å². The summed E-state index contributed by atoms with van der Waals surface area (Å²) < 4.78 is 16.4. The van der Waals surface area contributed by atoms with E-state index in [2.05, 4.69) is 15.6 Å². The molecule has 0 spiro atoms. The summed E-state index contributed by atoms with van der Waals surface area (Å²) >= 11 is 0. The van der Waals surface area contributed by atoms with Crippen molar-refractivity contribution in [3.63, 3.8) is 0 Å². The lowest BCUT2D eigenvalue weighted by Gasteiger charge is -2.14. The van der Waals surface area contributed by atoms with E-state index < -0.39 is 0 Å². The molecule has 24 heavy (non-hydrogen) atoms. The Balaban J connectivity index is 2.04. The van der Waals surface area contributed by atoms with Gasteiger partial charge in [0.25, 0.3) is 0 Å². The number of anilines is 1. The van der Waals surface area contributed by atoms with Gasteiger partial charge in [0.15, 0.2) is 17.5 Å². The van der Waals surface area contributed by atoms with E-state index in [0.29, 0.717) is 30.6 Å². The molecule has 0 fully saturated rings. The molecule has 0 radical (unpaired) electrons. The van der Waals surface area contributed by atoms with Gasteiger partial charge in [-0.25, -0.2) is 0 Å². The number of hydrogen-bond acceptors (Lipinski definition) is 4. The SMILES string of the molecule is CCOc1cc(NC(=NC)NCc2cc(C)oc2C)ccc1OC. The van der Waals surface area contributed by atoms with Crippen LogP contribution in [0.2, 0.25) is 0 Å². The molecular weight excluding hydrogens is 306 g/mol. The average Bonchev–Trinajstić information content (AvgIpc) is 2.89. The number of aliphatic imine (C=N–C) groups is 1. The van der Waals surface area contributed by atoms with Crippen molar-refractivity contribution in [3.8, 4) is 11.5 Å². The first-order chi connectivity index (χ1) is 11.6. The second kappa shape index (κ2) is 8.29. The van der Waals surface area contributed by atoms with Crippen LogP contribution in [0.4, 0.5) is 5.69 Å². The lowest BCUT2D eigenvalue weighted by Crippen LogP contribution is -2.30. The zero-order valence-corrected chi connectivity index (χ0v) is 14.9. The molecule has 1 heterocycles. The number of ether oxygens (including phenoxy) is 2. The molecule has 1 aromatic heterocycles. The van der Waals surface area contributed by atoms with Crippen molar-refractivity contribution in [1.29, 1.82) is 0 Å². The number of rotatable bonds is 6. The quantitative estimate of drug-likeness (QED) is 0.626. The Labute approximate surface area is 142 Å². The van der Waals surface area contributed by atoms with Crippen LogP contribution < -0.4 is 20.1 Å². The van der Waals surface area contributed by atoms with Crippen LogP contribution in [-0.4, -0.2) is 26.7 Å². The van der Waals surface area contributed by atoms with Crippen LogP contribution in [0.15, 0.2) is 33.7 Å². The summed E-state index contributed by atoms with van der Waals surface area (Å²) in [6.45, 7) is 7.05. The average molecular weight is 331 g/mol. The summed E-state index contributed by atoms with van der Waals surface area (Å²) in [6.07, 6.45) is 0. The van der Waals surface area contributed by atoms with Gasteiger partial charge in [0, 0.05) is 30.9 Å². The van der Waals surface area contributed by atoms with Crippen LogP contribution in [0.5, 0.6) is 11.5 Å². The molecule has 6 nitrogen and oxygen atoms in total. The highest BCUT2D eigenvalue weighted by atomic mass is 16.5. The molecule has 2 rings (SSSR count). The number of aryl methyl sites for hydroxylation is 2. The molecule has 0 saturated heterocycles. The van der Waals surface area contributed by atoms with Gasteiger partial charge >= 0.3 is 0 Å². The van der Waals surface area contributed by atoms with E-state index >= 15 is 0 Å². The molecular formula is C18H25N3O3. The first-order valence-electron chi connectivity index (χ1n) is 7.91. The van der Waals surface area contributed by atoms with Crippen molar-refractivity contribution in [2.75, 3.05) is 26.1 Å². The summed E-state index contributed by atoms with van der Waals surface area (Å²) in [7, 11) is 3.36. The van der Waals surface area contributed by atoms with Crippen LogP contribution in [-0.2, 0) is 6.54 Å². The molecule has 0 saturated carbocycles. The molecule has 0 aliphatic carbocycles. The Morgan fingerprint density at radius 2 is 2.00 bits per heavy atom. The Bertz CT molecular complexity index is 708. The van der Waals surface area contributed by atoms with Crippen LogP contribution in [0.3, 0.4) is 0 Å². The van der Waals surface area contributed by atoms with Gasteiger partial charge in [-0.2, -0.15) is 0 Å². The molecule has 0 unspecified atom stereocenters. The minimum Gasteiger partial charge on any atom is -0.493 e. The normalized spacial score (nSPS) is 11.3. The maximum absolute atomic E-state index is 5.59. The third-order valence-corrected chi connectivity index (χ3v) is 3.54. The van der Waals surface area contributed by atoms with Crippen molar-refractivity contribution in [1.82, 2.24) is 5.32 Å². The highest BCUT2D eigenvalue weighted by molar-refractivity contribution is 5.93. The fourth-order valence-corrected chi connectivity index (χ4v) is 2.38. The van der Waals surface area contributed by atoms with Gasteiger partial charge in [0.05, 0.1) is 13.7 Å². The van der Waals surface area contributed by atoms with Crippen LogP contribution in [0.25, 0.3) is 0 Å². The van der Waals surface area contributed by atoms with Crippen molar-refractivity contribution >= 4 is 11.6 Å². The maximum atomic E-state index is 5.59. The van der Waals surface area contributed by atoms with E-state index in [-0.39, 0.29) is 0 Å². The van der Waals surface area contributed by atoms with Crippen molar-refractivity contribution in [3.05, 3.63) is 41.3 Å². The van der Waals surface area contributed by atoms with Gasteiger partial charge in [0.1, 0.15) is 11.5 Å². The second-order valence-electron chi connectivity index (χ2n) is 5.29. The van der Waals surface area contributed by atoms with Crippen molar-refractivity contribution in [2.45, 2.75) is 27.3 Å². The molecule has 1 aromatic carbocycles. The van der Waals surface area contributed by atoms with E-state index in [0.717, 1.165) is 22.8 Å². The first kappa shape index (κ1) is 17.7. The highest BCUT2D eigenvalue weighted by Crippen LogP contribution is 2.30. The predicted octanol–water partition coefficient (Wildman–Crippen LogP) is 3.49. The van der Waals surface area contributed by atoms with E-state index in [1.165, 1.54) is 0 Å². The van der Waals surface area contributed by atoms with Crippen molar-refractivity contribution < 1.29 is 13.9 Å². The molecule has 0 aliphatic rings. The van der Waals surface area contributed by atoms with E-state index in [1.807, 2.05) is 45.0 Å². The number of nitrogens with zero attached hydrogens (tertiary/aromatic N) is 1. The third-order valence-electron chi connectivity index (χ3n) is 3.54. The van der Waals surface area contributed by atoms with Gasteiger partial charge in [-0.1, -0.05) is 0 Å². The number of furan rings is 1. The summed E-state index contributed by atoms with van der Waals surface area (Å²) in [5.41, 5.74) is 1.98. The monoisotopic (exact) mass is 331 g/mol. The minimum atomic E-state index is 0.575. The molecule has 130 valence electrons. The molecule has 0 amide bonds. The molecule has 2 aromatic rings. The smallest absolute Gasteiger partial charge is 0.195 e. The predicted molar refractivity (Wildman–Crippen MR) is 96.2 cm³/mol. The number of benzene rings is 1. The van der Waals surface area contributed by atoms with Crippen LogP contribution in [0.1, 0.15) is 24.0 Å². The molecule has 0 bridgehead atoms. The number of hydrogen-bond donors (Lipinski definition) is 2. The number of nitrogens with one attached hydrogen (secondary N) is 2. The lowest BCUT2D eigenvalue weighted by molar-refractivity contribution is 0.311. The van der Waals surface area contributed by atoms with E-state index in [1.54, 1.807) is 14.2 Å². The Morgan fingerprint density at radius 3 is 2.58 bits per heavy atom. The second-order valence-corrected chi connectivity index (χ2v) is 5.29. The fraction of sp³-hybridized carbons (Fsp3) is 0.389. The molecule has 0 aliphatic heterocycles. The fourth-order valence-electron chi connectivity index (χ4n) is 2.38. The summed E-state index contributed by atoms with van der Waals surface area (Å²) in [6, 6.07) is 7.70. The topological polar surface area (TPSA) is 68.0 Å². The van der Waals surface area contributed by atoms with Crippen LogP contribution >= 0.6 is 0 Å². The summed E-state index contributed by atoms with van der Waals surface area (Å²) in [5.74, 6) is 3.89.